The van der Waals surface area contributed by atoms with E-state index in [2.05, 4.69) is 25.3 Å². The van der Waals surface area contributed by atoms with E-state index in [0.29, 0.717) is 55.2 Å². The second kappa shape index (κ2) is 14.6. The Hall–Kier alpha value is -5.99. The second-order valence-corrected chi connectivity index (χ2v) is 11.9. The average molecular weight is 682 g/mol. The van der Waals surface area contributed by atoms with Crippen LogP contribution in [0.3, 0.4) is 0 Å². The molecule has 1 aromatic carbocycles. The topological polar surface area (TPSA) is 168 Å². The number of aryl methyl sites for hydroxylation is 1. The third-order valence-corrected chi connectivity index (χ3v) is 8.53. The fraction of sp³-hybridized carbons (Fsp3) is 0.314. The van der Waals surface area contributed by atoms with Crippen LogP contribution in [0.2, 0.25) is 0 Å². The predicted molar refractivity (Wildman–Crippen MR) is 183 cm³/mol. The van der Waals surface area contributed by atoms with Crippen LogP contribution in [0.25, 0.3) is 22.6 Å². The molecule has 0 unspecified atom stereocenters. The molecule has 0 saturated heterocycles. The summed E-state index contributed by atoms with van der Waals surface area (Å²) >= 11 is 0. The van der Waals surface area contributed by atoms with Crippen molar-refractivity contribution >= 4 is 34.7 Å². The summed E-state index contributed by atoms with van der Waals surface area (Å²) in [5, 5.41) is 2.60. The highest BCUT2D eigenvalue weighted by Gasteiger charge is 2.25. The first kappa shape index (κ1) is 33.9. The van der Waals surface area contributed by atoms with Crippen molar-refractivity contribution in [3.8, 4) is 11.4 Å². The van der Waals surface area contributed by atoms with Crippen molar-refractivity contribution in [2.75, 3.05) is 31.1 Å². The fourth-order valence-corrected chi connectivity index (χ4v) is 6.04. The average Bonchev–Trinajstić information content (AvgIpc) is 3.57. The standard InChI is InChI=1S/C35H36FN9O5/c1-3-15-44-31-29(34(49)45(35(44)50)19-14-37-22(2)46)40-30(41-31)24-10-12-28(39-20-24)43(32(47)25-9-11-27(36)38-21-25)17-6-16-42-18-13-23-7-4-5-8-26(23)33(42)48/h4-5,7-12,20-21H,3,6,13-19H2,1-2H3,(H,37,46)(H,40,41). The van der Waals surface area contributed by atoms with Gasteiger partial charge in [0.2, 0.25) is 11.9 Å². The molecule has 5 heterocycles. The third-order valence-electron chi connectivity index (χ3n) is 8.53. The Morgan fingerprint density at radius 2 is 1.80 bits per heavy atom. The van der Waals surface area contributed by atoms with Gasteiger partial charge >= 0.3 is 5.69 Å². The molecule has 4 aromatic heterocycles. The zero-order valence-corrected chi connectivity index (χ0v) is 27.7. The molecular formula is C35H36FN9O5. The third kappa shape index (κ3) is 6.92. The fourth-order valence-electron chi connectivity index (χ4n) is 6.04. The van der Waals surface area contributed by atoms with Gasteiger partial charge in [-0.15, -0.1) is 0 Å². The molecule has 0 bridgehead atoms. The molecule has 0 fully saturated rings. The van der Waals surface area contributed by atoms with Crippen LogP contribution in [0.5, 0.6) is 0 Å². The van der Waals surface area contributed by atoms with Gasteiger partial charge in [-0.1, -0.05) is 25.1 Å². The number of carbonyl (C=O) groups is 3. The molecule has 0 radical (unpaired) electrons. The van der Waals surface area contributed by atoms with Crippen LogP contribution in [0, 0.1) is 5.95 Å². The van der Waals surface area contributed by atoms with Crippen molar-refractivity contribution in [1.82, 2.24) is 39.3 Å². The molecule has 3 amide bonds. The minimum Gasteiger partial charge on any atom is -0.355 e. The number of hydrogen-bond acceptors (Lipinski definition) is 8. The number of anilines is 1. The number of pyridine rings is 2. The number of fused-ring (bicyclic) bond motifs is 2. The number of benzene rings is 1. The van der Waals surface area contributed by atoms with E-state index in [0.717, 1.165) is 28.8 Å². The summed E-state index contributed by atoms with van der Waals surface area (Å²) in [7, 11) is 0. The summed E-state index contributed by atoms with van der Waals surface area (Å²) in [6.45, 7) is 4.88. The van der Waals surface area contributed by atoms with Gasteiger partial charge in [-0.2, -0.15) is 4.39 Å². The number of nitrogens with zero attached hydrogens (tertiary/aromatic N) is 7. The zero-order chi connectivity index (χ0) is 35.4. The Balaban J connectivity index is 1.27. The summed E-state index contributed by atoms with van der Waals surface area (Å²) in [6, 6.07) is 13.3. The lowest BCUT2D eigenvalue weighted by atomic mass is 9.99. The number of hydrogen-bond donors (Lipinski definition) is 2. The van der Waals surface area contributed by atoms with Crippen LogP contribution >= 0.6 is 0 Å². The first-order valence-electron chi connectivity index (χ1n) is 16.4. The molecule has 50 heavy (non-hydrogen) atoms. The number of halogens is 1. The Bertz CT molecular complexity index is 2170. The summed E-state index contributed by atoms with van der Waals surface area (Å²) < 4.78 is 16.1. The van der Waals surface area contributed by atoms with E-state index in [1.165, 1.54) is 28.7 Å². The molecule has 1 aliphatic heterocycles. The summed E-state index contributed by atoms with van der Waals surface area (Å²) in [4.78, 5) is 83.8. The van der Waals surface area contributed by atoms with E-state index in [1.807, 2.05) is 31.2 Å². The molecule has 1 aliphatic rings. The lowest BCUT2D eigenvalue weighted by Gasteiger charge is -2.29. The van der Waals surface area contributed by atoms with Gasteiger partial charge < -0.3 is 15.2 Å². The van der Waals surface area contributed by atoms with Gasteiger partial charge in [0.05, 0.1) is 5.56 Å². The molecule has 14 nitrogen and oxygen atoms in total. The van der Waals surface area contributed by atoms with Crippen LogP contribution in [-0.2, 0) is 24.3 Å². The normalized spacial score (nSPS) is 12.6. The van der Waals surface area contributed by atoms with Gasteiger partial charge in [0.1, 0.15) is 17.2 Å². The number of aromatic amines is 1. The Labute approximate surface area is 285 Å². The van der Waals surface area contributed by atoms with Crippen molar-refractivity contribution in [3.63, 3.8) is 0 Å². The van der Waals surface area contributed by atoms with Gasteiger partial charge in [-0.05, 0) is 55.2 Å². The van der Waals surface area contributed by atoms with Gasteiger partial charge in [0, 0.05) is 69.7 Å². The maximum atomic E-state index is 13.7. The molecule has 258 valence electrons. The highest BCUT2D eigenvalue weighted by Crippen LogP contribution is 2.23. The quantitative estimate of drug-likeness (QED) is 0.190. The van der Waals surface area contributed by atoms with Crippen LogP contribution < -0.4 is 21.5 Å². The lowest BCUT2D eigenvalue weighted by Crippen LogP contribution is -2.42. The van der Waals surface area contributed by atoms with E-state index in [4.69, 9.17) is 0 Å². The molecule has 6 rings (SSSR count). The van der Waals surface area contributed by atoms with Crippen LogP contribution in [0.15, 0.2) is 70.5 Å². The summed E-state index contributed by atoms with van der Waals surface area (Å²) in [5.74, 6) is -0.883. The number of carbonyl (C=O) groups excluding carboxylic acids is 3. The number of amides is 3. The molecule has 0 atom stereocenters. The molecule has 15 heteroatoms. The zero-order valence-electron chi connectivity index (χ0n) is 27.7. The molecular weight excluding hydrogens is 645 g/mol. The van der Waals surface area contributed by atoms with E-state index < -0.39 is 23.1 Å². The van der Waals surface area contributed by atoms with E-state index in [1.54, 1.807) is 17.0 Å². The van der Waals surface area contributed by atoms with Crippen molar-refractivity contribution in [3.05, 3.63) is 104 Å². The van der Waals surface area contributed by atoms with Gasteiger partial charge in [0.25, 0.3) is 17.4 Å². The van der Waals surface area contributed by atoms with Gasteiger partial charge in [-0.3, -0.25) is 33.2 Å². The molecule has 2 N–H and O–H groups in total. The summed E-state index contributed by atoms with van der Waals surface area (Å²) in [5.41, 5.74) is 1.61. The molecule has 5 aromatic rings. The first-order chi connectivity index (χ1) is 24.2. The van der Waals surface area contributed by atoms with Crippen LogP contribution in [0.1, 0.15) is 53.0 Å². The highest BCUT2D eigenvalue weighted by atomic mass is 19.1. The first-order valence-corrected chi connectivity index (χ1v) is 16.4. The number of imidazole rings is 1. The lowest BCUT2D eigenvalue weighted by molar-refractivity contribution is -0.119. The number of rotatable bonds is 12. The monoisotopic (exact) mass is 681 g/mol. The SMILES string of the molecule is CCCn1c(=O)n(CCNC(C)=O)c(=O)c2[nH]c(-c3ccc(N(CCCN4CCc5ccccc5C4=O)C(=O)c4ccc(F)nc4)nc3)nc21. The maximum absolute atomic E-state index is 13.7. The van der Waals surface area contributed by atoms with E-state index >= 15 is 0 Å². The Morgan fingerprint density at radius 3 is 2.52 bits per heavy atom. The largest absolute Gasteiger partial charge is 0.355 e. The summed E-state index contributed by atoms with van der Waals surface area (Å²) in [6.07, 6.45) is 4.47. The van der Waals surface area contributed by atoms with Crippen molar-refractivity contribution in [1.29, 1.82) is 0 Å². The maximum Gasteiger partial charge on any atom is 0.332 e. The van der Waals surface area contributed by atoms with Crippen molar-refractivity contribution in [2.45, 2.75) is 46.2 Å². The Morgan fingerprint density at radius 1 is 0.980 bits per heavy atom. The molecule has 0 spiro atoms. The molecule has 0 aliphatic carbocycles. The second-order valence-electron chi connectivity index (χ2n) is 11.9. The minimum absolute atomic E-state index is 0.00580. The van der Waals surface area contributed by atoms with Crippen LogP contribution in [0.4, 0.5) is 10.2 Å². The van der Waals surface area contributed by atoms with Crippen LogP contribution in [-0.4, -0.2) is 77.9 Å². The smallest absolute Gasteiger partial charge is 0.332 e. The number of nitrogens with one attached hydrogen (secondary N) is 2. The van der Waals surface area contributed by atoms with E-state index in [9.17, 15) is 28.4 Å². The highest BCUT2D eigenvalue weighted by molar-refractivity contribution is 6.05. The van der Waals surface area contributed by atoms with Crippen molar-refractivity contribution in [2.24, 2.45) is 0 Å². The van der Waals surface area contributed by atoms with Gasteiger partial charge in [0.15, 0.2) is 5.65 Å². The van der Waals surface area contributed by atoms with Gasteiger partial charge in [-0.25, -0.2) is 19.7 Å². The molecule has 0 saturated carbocycles. The predicted octanol–water partition coefficient (Wildman–Crippen LogP) is 2.76. The van der Waals surface area contributed by atoms with Crippen molar-refractivity contribution < 1.29 is 18.8 Å². The number of H-pyrrole nitrogens is 1. The van der Waals surface area contributed by atoms with E-state index in [-0.39, 0.29) is 48.2 Å². The minimum atomic E-state index is -0.714. The Kier molecular flexibility index (Phi) is 9.92. The number of aromatic nitrogens is 6.